The maximum Gasteiger partial charge on any atom is 0.320 e. The van der Waals surface area contributed by atoms with Gasteiger partial charge in [0.05, 0.1) is 12.9 Å². The van der Waals surface area contributed by atoms with Gasteiger partial charge >= 0.3 is 5.97 Å². The molecule has 0 aliphatic heterocycles. The Balaban J connectivity index is 2.89. The normalized spacial score (nSPS) is 12.4. The van der Waals surface area contributed by atoms with Crippen LogP contribution < -0.4 is 5.73 Å². The second-order valence-electron chi connectivity index (χ2n) is 3.39. The molecule has 0 spiro atoms. The minimum Gasteiger partial charge on any atom is -0.506 e. The quantitative estimate of drug-likeness (QED) is 0.671. The summed E-state index contributed by atoms with van der Waals surface area (Å²) >= 11 is 0. The molecule has 1 unspecified atom stereocenters. The van der Waals surface area contributed by atoms with Crippen molar-refractivity contribution in [3.8, 4) is 5.75 Å². The Bertz CT molecular complexity index is 384. The van der Waals surface area contributed by atoms with Crippen molar-refractivity contribution in [1.82, 2.24) is 4.98 Å². The first-order valence-corrected chi connectivity index (χ1v) is 4.75. The number of aromatic nitrogens is 1. The third-order valence-corrected chi connectivity index (χ3v) is 2.14. The van der Waals surface area contributed by atoms with E-state index in [2.05, 4.69) is 4.98 Å². The summed E-state index contributed by atoms with van der Waals surface area (Å²) in [5.41, 5.74) is 6.25. The minimum absolute atomic E-state index is 0.0188. The van der Waals surface area contributed by atoms with Crippen LogP contribution in [0.4, 0.5) is 4.39 Å². The van der Waals surface area contributed by atoms with Gasteiger partial charge in [0, 0.05) is 18.5 Å². The summed E-state index contributed by atoms with van der Waals surface area (Å²) in [7, 11) is 0. The Morgan fingerprint density at radius 1 is 1.62 bits per heavy atom. The zero-order chi connectivity index (χ0) is 12.1. The lowest BCUT2D eigenvalue weighted by molar-refractivity contribution is -0.138. The number of carbonyl (C=O) groups is 1. The van der Waals surface area contributed by atoms with E-state index < -0.39 is 18.7 Å². The second kappa shape index (κ2) is 5.41. The predicted molar refractivity (Wildman–Crippen MR) is 54.9 cm³/mol. The topological polar surface area (TPSA) is 96.4 Å². The van der Waals surface area contributed by atoms with Gasteiger partial charge in [-0.2, -0.15) is 0 Å². The molecule has 0 aliphatic carbocycles. The summed E-state index contributed by atoms with van der Waals surface area (Å²) in [6.07, 6.45) is 1.29. The molecule has 0 bridgehead atoms. The first kappa shape index (κ1) is 12.4. The van der Waals surface area contributed by atoms with Gasteiger partial charge in [0.2, 0.25) is 0 Å². The van der Waals surface area contributed by atoms with E-state index >= 15 is 0 Å². The standard InChI is InChI=1S/C10H13FN2O3/c11-2-1-6-3-7(14)5-13-9(6)4-8(12)10(15)16/h3,5,8,14H,1-2,4,12H2,(H,15,16). The number of alkyl halides is 1. The molecule has 1 heterocycles. The van der Waals surface area contributed by atoms with Gasteiger partial charge in [-0.25, -0.2) is 0 Å². The van der Waals surface area contributed by atoms with Crippen molar-refractivity contribution in [1.29, 1.82) is 0 Å². The molecule has 4 N–H and O–H groups in total. The van der Waals surface area contributed by atoms with Crippen LogP contribution in [0.2, 0.25) is 0 Å². The molecular weight excluding hydrogens is 215 g/mol. The predicted octanol–water partition coefficient (Wildman–Crippen LogP) is 0.254. The number of nitrogens with zero attached hydrogens (tertiary/aromatic N) is 1. The van der Waals surface area contributed by atoms with Crippen LogP contribution in [0.1, 0.15) is 11.3 Å². The molecule has 0 fully saturated rings. The molecule has 0 amide bonds. The zero-order valence-electron chi connectivity index (χ0n) is 8.56. The summed E-state index contributed by atoms with van der Waals surface area (Å²) in [4.78, 5) is 14.4. The van der Waals surface area contributed by atoms with Gasteiger partial charge in [0.15, 0.2) is 0 Å². The molecule has 5 nitrogen and oxygen atoms in total. The molecule has 1 rings (SSSR count). The number of halogens is 1. The van der Waals surface area contributed by atoms with E-state index in [0.29, 0.717) is 11.3 Å². The second-order valence-corrected chi connectivity index (χ2v) is 3.39. The van der Waals surface area contributed by atoms with Crippen molar-refractivity contribution < 1.29 is 19.4 Å². The van der Waals surface area contributed by atoms with Crippen LogP contribution in [0.5, 0.6) is 5.75 Å². The third kappa shape index (κ3) is 3.16. The highest BCUT2D eigenvalue weighted by Gasteiger charge is 2.15. The van der Waals surface area contributed by atoms with Gasteiger partial charge < -0.3 is 15.9 Å². The molecular formula is C10H13FN2O3. The lowest BCUT2D eigenvalue weighted by Crippen LogP contribution is -2.33. The average Bonchev–Trinajstić information content (AvgIpc) is 2.22. The van der Waals surface area contributed by atoms with Gasteiger partial charge in [0.1, 0.15) is 11.8 Å². The number of carboxylic acids is 1. The van der Waals surface area contributed by atoms with Crippen molar-refractivity contribution >= 4 is 5.97 Å². The average molecular weight is 228 g/mol. The summed E-state index contributed by atoms with van der Waals surface area (Å²) < 4.78 is 12.2. The number of pyridine rings is 1. The van der Waals surface area contributed by atoms with Crippen LogP contribution in [0.25, 0.3) is 0 Å². The van der Waals surface area contributed by atoms with Crippen molar-refractivity contribution in [2.24, 2.45) is 5.73 Å². The number of aliphatic carboxylic acids is 1. The van der Waals surface area contributed by atoms with Crippen molar-refractivity contribution in [2.75, 3.05) is 6.67 Å². The first-order valence-electron chi connectivity index (χ1n) is 4.75. The Hall–Kier alpha value is -1.69. The van der Waals surface area contributed by atoms with E-state index in [4.69, 9.17) is 10.8 Å². The fraction of sp³-hybridized carbons (Fsp3) is 0.400. The molecule has 16 heavy (non-hydrogen) atoms. The van der Waals surface area contributed by atoms with E-state index in [0.717, 1.165) is 0 Å². The van der Waals surface area contributed by atoms with Crippen LogP contribution in [0, 0.1) is 0 Å². The van der Waals surface area contributed by atoms with E-state index in [1.165, 1.54) is 12.3 Å². The molecule has 0 aromatic carbocycles. The molecule has 0 saturated heterocycles. The fourth-order valence-corrected chi connectivity index (χ4v) is 1.32. The van der Waals surface area contributed by atoms with Crippen LogP contribution >= 0.6 is 0 Å². The van der Waals surface area contributed by atoms with Crippen LogP contribution in [0.3, 0.4) is 0 Å². The maximum absolute atomic E-state index is 12.2. The molecule has 6 heteroatoms. The smallest absolute Gasteiger partial charge is 0.320 e. The van der Waals surface area contributed by atoms with Crippen molar-refractivity contribution in [3.63, 3.8) is 0 Å². The SMILES string of the molecule is NC(Cc1ncc(O)cc1CCF)C(=O)O. The molecule has 0 saturated carbocycles. The molecule has 0 radical (unpaired) electrons. The maximum atomic E-state index is 12.2. The van der Waals surface area contributed by atoms with Gasteiger partial charge in [-0.1, -0.05) is 0 Å². The lowest BCUT2D eigenvalue weighted by Gasteiger charge is -2.10. The van der Waals surface area contributed by atoms with E-state index in [-0.39, 0.29) is 18.6 Å². The van der Waals surface area contributed by atoms with Crippen LogP contribution in [-0.2, 0) is 17.6 Å². The largest absolute Gasteiger partial charge is 0.506 e. The molecule has 1 atom stereocenters. The van der Waals surface area contributed by atoms with E-state index in [1.54, 1.807) is 0 Å². The number of aromatic hydroxyl groups is 1. The van der Waals surface area contributed by atoms with Gasteiger partial charge in [0.25, 0.3) is 0 Å². The first-order chi connectivity index (χ1) is 7.54. The Kier molecular flexibility index (Phi) is 4.19. The molecule has 88 valence electrons. The number of hydrogen-bond donors (Lipinski definition) is 3. The van der Waals surface area contributed by atoms with Crippen molar-refractivity contribution in [3.05, 3.63) is 23.5 Å². The zero-order valence-corrected chi connectivity index (χ0v) is 8.56. The fourth-order valence-electron chi connectivity index (χ4n) is 1.32. The summed E-state index contributed by atoms with van der Waals surface area (Å²) in [6.45, 7) is -0.597. The highest BCUT2D eigenvalue weighted by Crippen LogP contribution is 2.15. The van der Waals surface area contributed by atoms with Crippen molar-refractivity contribution in [2.45, 2.75) is 18.9 Å². The van der Waals surface area contributed by atoms with Crippen LogP contribution in [0.15, 0.2) is 12.3 Å². The third-order valence-electron chi connectivity index (χ3n) is 2.14. The van der Waals surface area contributed by atoms with Gasteiger partial charge in [-0.15, -0.1) is 0 Å². The highest BCUT2D eigenvalue weighted by molar-refractivity contribution is 5.73. The number of nitrogens with two attached hydrogens (primary N) is 1. The molecule has 0 aliphatic rings. The number of hydrogen-bond acceptors (Lipinski definition) is 4. The summed E-state index contributed by atoms with van der Waals surface area (Å²) in [5, 5.41) is 17.8. The number of rotatable bonds is 5. The Morgan fingerprint density at radius 3 is 2.88 bits per heavy atom. The number of carboxylic acid groups (broad SMARTS) is 1. The summed E-state index contributed by atoms with van der Waals surface area (Å²) in [6, 6.07) is 0.298. The van der Waals surface area contributed by atoms with E-state index in [1.807, 2.05) is 0 Å². The minimum atomic E-state index is -1.14. The Labute approximate surface area is 91.7 Å². The Morgan fingerprint density at radius 2 is 2.31 bits per heavy atom. The highest BCUT2D eigenvalue weighted by atomic mass is 19.1. The van der Waals surface area contributed by atoms with Gasteiger partial charge in [-0.3, -0.25) is 14.2 Å². The van der Waals surface area contributed by atoms with Crippen LogP contribution in [-0.4, -0.2) is 33.9 Å². The monoisotopic (exact) mass is 228 g/mol. The number of aryl methyl sites for hydroxylation is 1. The molecule has 1 aromatic heterocycles. The van der Waals surface area contributed by atoms with E-state index in [9.17, 15) is 14.3 Å². The summed E-state index contributed by atoms with van der Waals surface area (Å²) in [5.74, 6) is -1.21. The molecule has 1 aromatic rings. The van der Waals surface area contributed by atoms with Gasteiger partial charge in [-0.05, 0) is 11.6 Å². The lowest BCUT2D eigenvalue weighted by atomic mass is 10.0.